The highest BCUT2D eigenvalue weighted by Gasteiger charge is 2.33. The average Bonchev–Trinajstić information content (AvgIpc) is 3.13. The summed E-state index contributed by atoms with van der Waals surface area (Å²) in [6.45, 7) is 3.84. The van der Waals surface area contributed by atoms with Gasteiger partial charge in [-0.3, -0.25) is 14.5 Å². The Bertz CT molecular complexity index is 1370. The molecule has 9 heteroatoms. The van der Waals surface area contributed by atoms with E-state index >= 15 is 0 Å². The smallest absolute Gasteiger partial charge is 0.270 e. The van der Waals surface area contributed by atoms with E-state index in [1.807, 2.05) is 56.3 Å². The number of anilines is 2. The Morgan fingerprint density at radius 1 is 1.06 bits per heavy atom. The van der Waals surface area contributed by atoms with Crippen molar-refractivity contribution in [3.05, 3.63) is 86.7 Å². The lowest BCUT2D eigenvalue weighted by molar-refractivity contribution is -0.118. The normalized spacial score (nSPS) is 14.3. The molecule has 0 aliphatic carbocycles. The first-order chi connectivity index (χ1) is 17.2. The Morgan fingerprint density at radius 2 is 1.81 bits per heavy atom. The molecule has 1 aliphatic rings. The lowest BCUT2D eigenvalue weighted by atomic mass is 10.1. The predicted molar refractivity (Wildman–Crippen MR) is 153 cm³/mol. The molecular formula is C27H23BrN2O4S2. The van der Waals surface area contributed by atoms with Crippen molar-refractivity contribution >= 4 is 73.5 Å². The molecule has 6 nitrogen and oxygen atoms in total. The maximum Gasteiger partial charge on any atom is 0.270 e. The number of nitrogens with zero attached hydrogens (tertiary/aromatic N) is 1. The SMILES string of the molecule is COc1cc(/C=C2/SC(=S)N(c3ccc(Br)cc3)C2=O)ccc1OCC(=O)Nc1ccc(C)c(C)c1. The molecule has 0 saturated carbocycles. The summed E-state index contributed by atoms with van der Waals surface area (Å²) in [6, 6.07) is 18.4. The van der Waals surface area contributed by atoms with Crippen molar-refractivity contribution in [2.75, 3.05) is 23.9 Å². The number of hydrogen-bond acceptors (Lipinski definition) is 6. The van der Waals surface area contributed by atoms with Crippen LogP contribution in [0.2, 0.25) is 0 Å². The van der Waals surface area contributed by atoms with Crippen LogP contribution in [-0.4, -0.2) is 29.9 Å². The second-order valence-corrected chi connectivity index (χ2v) is 10.6. The summed E-state index contributed by atoms with van der Waals surface area (Å²) in [6.07, 6.45) is 1.76. The number of aryl methyl sites for hydroxylation is 2. The van der Waals surface area contributed by atoms with Crippen molar-refractivity contribution in [2.45, 2.75) is 13.8 Å². The molecule has 2 amide bonds. The third-order valence-corrected chi connectivity index (χ3v) is 7.34. The van der Waals surface area contributed by atoms with Crippen LogP contribution < -0.4 is 19.7 Å². The van der Waals surface area contributed by atoms with E-state index in [-0.39, 0.29) is 18.4 Å². The minimum atomic E-state index is -0.277. The molecule has 4 rings (SSSR count). The number of amides is 2. The zero-order valence-electron chi connectivity index (χ0n) is 19.8. The molecule has 1 heterocycles. The van der Waals surface area contributed by atoms with E-state index in [9.17, 15) is 9.59 Å². The van der Waals surface area contributed by atoms with Gasteiger partial charge in [-0.05, 0) is 85.1 Å². The predicted octanol–water partition coefficient (Wildman–Crippen LogP) is 6.50. The molecule has 1 N–H and O–H groups in total. The molecule has 184 valence electrons. The monoisotopic (exact) mass is 582 g/mol. The number of thiocarbonyl (C=S) groups is 1. The number of nitrogens with one attached hydrogen (secondary N) is 1. The van der Waals surface area contributed by atoms with Gasteiger partial charge in [-0.2, -0.15) is 0 Å². The van der Waals surface area contributed by atoms with E-state index in [4.69, 9.17) is 21.7 Å². The lowest BCUT2D eigenvalue weighted by Crippen LogP contribution is -2.27. The molecule has 3 aromatic rings. The summed E-state index contributed by atoms with van der Waals surface area (Å²) in [7, 11) is 1.52. The number of carbonyl (C=O) groups is 2. The van der Waals surface area contributed by atoms with Crippen LogP contribution in [0.4, 0.5) is 11.4 Å². The zero-order chi connectivity index (χ0) is 25.8. The molecule has 1 aliphatic heterocycles. The lowest BCUT2D eigenvalue weighted by Gasteiger charge is -2.14. The van der Waals surface area contributed by atoms with Crippen LogP contribution in [0.1, 0.15) is 16.7 Å². The first-order valence-electron chi connectivity index (χ1n) is 11.0. The second-order valence-electron chi connectivity index (χ2n) is 8.04. The quantitative estimate of drug-likeness (QED) is 0.253. The molecule has 0 bridgehead atoms. The fourth-order valence-electron chi connectivity index (χ4n) is 3.48. The van der Waals surface area contributed by atoms with Gasteiger partial charge < -0.3 is 14.8 Å². The van der Waals surface area contributed by atoms with Gasteiger partial charge in [0.05, 0.1) is 17.7 Å². The Labute approximate surface area is 227 Å². The number of halogens is 1. The van der Waals surface area contributed by atoms with Gasteiger partial charge in [-0.15, -0.1) is 0 Å². The molecule has 1 fully saturated rings. The Kier molecular flexibility index (Phi) is 8.13. The highest BCUT2D eigenvalue weighted by Crippen LogP contribution is 2.37. The average molecular weight is 584 g/mol. The fourth-order valence-corrected chi connectivity index (χ4v) is 5.05. The van der Waals surface area contributed by atoms with Crippen LogP contribution >= 0.6 is 39.9 Å². The van der Waals surface area contributed by atoms with E-state index in [0.717, 1.165) is 26.9 Å². The Balaban J connectivity index is 1.44. The van der Waals surface area contributed by atoms with E-state index in [0.29, 0.717) is 26.4 Å². The maximum absolute atomic E-state index is 13.0. The highest BCUT2D eigenvalue weighted by atomic mass is 79.9. The summed E-state index contributed by atoms with van der Waals surface area (Å²) in [4.78, 5) is 27.4. The number of benzene rings is 3. The van der Waals surface area contributed by atoms with E-state index in [1.165, 1.54) is 23.8 Å². The van der Waals surface area contributed by atoms with Crippen LogP contribution in [0.15, 0.2) is 70.0 Å². The summed E-state index contributed by atoms with van der Waals surface area (Å²) < 4.78 is 12.6. The third kappa shape index (κ3) is 5.98. The van der Waals surface area contributed by atoms with E-state index in [1.54, 1.807) is 24.3 Å². The molecule has 1 saturated heterocycles. The number of thioether (sulfide) groups is 1. The Morgan fingerprint density at radius 3 is 2.50 bits per heavy atom. The summed E-state index contributed by atoms with van der Waals surface area (Å²) in [5, 5.41) is 2.83. The van der Waals surface area contributed by atoms with Gasteiger partial charge in [0.2, 0.25) is 0 Å². The second kappa shape index (κ2) is 11.3. The van der Waals surface area contributed by atoms with Crippen LogP contribution in [0.3, 0.4) is 0 Å². The standard InChI is InChI=1S/C27H23BrN2O4S2/c1-16-4-8-20(12-17(16)2)29-25(31)15-34-22-11-5-18(13-23(22)33-3)14-24-26(32)30(27(35)36-24)21-9-6-19(28)7-10-21/h4-14H,15H2,1-3H3,(H,29,31)/b24-14+. The van der Waals surface area contributed by atoms with Crippen LogP contribution in [0, 0.1) is 13.8 Å². The van der Waals surface area contributed by atoms with Crippen LogP contribution in [0.25, 0.3) is 6.08 Å². The maximum atomic E-state index is 13.0. The summed E-state index contributed by atoms with van der Waals surface area (Å²) in [5.74, 6) is 0.411. The molecule has 0 radical (unpaired) electrons. The van der Waals surface area contributed by atoms with Crippen molar-refractivity contribution in [3.63, 3.8) is 0 Å². The largest absolute Gasteiger partial charge is 0.493 e. The topological polar surface area (TPSA) is 67.9 Å². The first kappa shape index (κ1) is 25.9. The molecular weight excluding hydrogens is 560 g/mol. The molecule has 0 aromatic heterocycles. The minimum absolute atomic E-state index is 0.172. The van der Waals surface area contributed by atoms with Crippen LogP contribution in [0.5, 0.6) is 11.5 Å². The van der Waals surface area contributed by atoms with Crippen molar-refractivity contribution in [1.29, 1.82) is 0 Å². The molecule has 3 aromatic carbocycles. The number of rotatable bonds is 7. The fraction of sp³-hybridized carbons (Fsp3) is 0.148. The van der Waals surface area contributed by atoms with E-state index in [2.05, 4.69) is 21.2 Å². The van der Waals surface area contributed by atoms with E-state index < -0.39 is 0 Å². The van der Waals surface area contributed by atoms with Gasteiger partial charge in [0.25, 0.3) is 11.8 Å². The molecule has 0 unspecified atom stereocenters. The third-order valence-electron chi connectivity index (χ3n) is 5.51. The minimum Gasteiger partial charge on any atom is -0.493 e. The highest BCUT2D eigenvalue weighted by molar-refractivity contribution is 9.10. The van der Waals surface area contributed by atoms with Crippen molar-refractivity contribution in [1.82, 2.24) is 0 Å². The molecule has 0 atom stereocenters. The number of ether oxygens (including phenoxy) is 2. The molecule has 36 heavy (non-hydrogen) atoms. The number of hydrogen-bond donors (Lipinski definition) is 1. The van der Waals surface area contributed by atoms with Crippen molar-refractivity contribution in [2.24, 2.45) is 0 Å². The van der Waals surface area contributed by atoms with Gasteiger partial charge in [-0.1, -0.05) is 52.0 Å². The summed E-state index contributed by atoms with van der Waals surface area (Å²) >= 11 is 10.1. The number of carbonyl (C=O) groups excluding carboxylic acids is 2. The zero-order valence-corrected chi connectivity index (χ0v) is 23.1. The van der Waals surface area contributed by atoms with Gasteiger partial charge in [0, 0.05) is 10.2 Å². The van der Waals surface area contributed by atoms with Crippen molar-refractivity contribution < 1.29 is 19.1 Å². The first-order valence-corrected chi connectivity index (χ1v) is 13.0. The van der Waals surface area contributed by atoms with Crippen LogP contribution in [-0.2, 0) is 9.59 Å². The Hall–Kier alpha value is -3.14. The van der Waals surface area contributed by atoms with Gasteiger partial charge >= 0.3 is 0 Å². The van der Waals surface area contributed by atoms with Gasteiger partial charge in [-0.25, -0.2) is 0 Å². The molecule has 0 spiro atoms. The number of methoxy groups -OCH3 is 1. The van der Waals surface area contributed by atoms with Crippen molar-refractivity contribution in [3.8, 4) is 11.5 Å². The van der Waals surface area contributed by atoms with Gasteiger partial charge in [0.1, 0.15) is 0 Å². The van der Waals surface area contributed by atoms with Gasteiger partial charge in [0.15, 0.2) is 22.4 Å². The summed E-state index contributed by atoms with van der Waals surface area (Å²) in [5.41, 5.74) is 4.43.